The lowest BCUT2D eigenvalue weighted by atomic mass is 9.89. The van der Waals surface area contributed by atoms with Gasteiger partial charge in [0.05, 0.1) is 22.3 Å². The molecule has 3 N–H and O–H groups in total. The average molecular weight is 473 g/mol. The molecule has 0 aliphatic carbocycles. The molecular weight excluding hydrogens is 447 g/mol. The zero-order chi connectivity index (χ0) is 24.7. The van der Waals surface area contributed by atoms with Gasteiger partial charge in [-0.25, -0.2) is 18.0 Å². The number of aryl methyl sites for hydroxylation is 1. The first kappa shape index (κ1) is 23.8. The van der Waals surface area contributed by atoms with E-state index in [0.717, 1.165) is 30.8 Å². The summed E-state index contributed by atoms with van der Waals surface area (Å²) in [4.78, 5) is 26.7. The normalized spacial score (nSPS) is 18.5. The quantitative estimate of drug-likeness (QED) is 0.579. The number of piperidine rings is 1. The Hall–Kier alpha value is -3.33. The lowest BCUT2D eigenvalue weighted by Crippen LogP contribution is -2.47. The van der Waals surface area contributed by atoms with E-state index >= 15 is 4.39 Å². The van der Waals surface area contributed by atoms with Crippen molar-refractivity contribution in [3.05, 3.63) is 69.3 Å². The summed E-state index contributed by atoms with van der Waals surface area (Å²) in [5.41, 5.74) is 5.51. The summed E-state index contributed by atoms with van der Waals surface area (Å²) in [7, 11) is 0. The fourth-order valence-corrected chi connectivity index (χ4v) is 4.91. The molecule has 1 fully saturated rings. The van der Waals surface area contributed by atoms with Crippen LogP contribution in [0.5, 0.6) is 0 Å². The van der Waals surface area contributed by atoms with E-state index < -0.39 is 34.4 Å². The largest absolute Gasteiger partial charge is 0.477 e. The molecule has 0 spiro atoms. The number of carboxylic acid groups (broad SMARTS) is 1. The average Bonchev–Trinajstić information content (AvgIpc) is 2.79. The molecule has 1 aromatic heterocycles. The highest BCUT2D eigenvalue weighted by Gasteiger charge is 2.30. The van der Waals surface area contributed by atoms with E-state index in [-0.39, 0.29) is 35.0 Å². The standard InChI is InChI=1S/C25H26F3N3O3/c1-3-13-11-30(8-7-20(13)29)23-15(4-2)22-16(10-19(23)28)24(32)17(25(33)34)12-31(22)21-6-5-14(26)9-18(21)27/h5-6,9-10,12-13,20H,3-4,7-8,11,29H2,1-2H3,(H,33,34)/t13-,20-/m1/s1. The number of benzene rings is 2. The van der Waals surface area contributed by atoms with Gasteiger partial charge in [0, 0.05) is 37.0 Å². The number of hydrogen-bond donors (Lipinski definition) is 2. The van der Waals surface area contributed by atoms with E-state index in [4.69, 9.17) is 5.73 Å². The van der Waals surface area contributed by atoms with Gasteiger partial charge in [-0.05, 0) is 37.0 Å². The van der Waals surface area contributed by atoms with E-state index in [1.165, 1.54) is 4.57 Å². The lowest BCUT2D eigenvalue weighted by Gasteiger charge is -2.39. The molecule has 0 unspecified atom stereocenters. The Morgan fingerprint density at radius 3 is 2.53 bits per heavy atom. The Bertz CT molecular complexity index is 1340. The van der Waals surface area contributed by atoms with Gasteiger partial charge in [0.15, 0.2) is 0 Å². The molecule has 0 bridgehead atoms. The van der Waals surface area contributed by atoms with Gasteiger partial charge in [-0.3, -0.25) is 4.79 Å². The molecule has 0 radical (unpaired) electrons. The fraction of sp³-hybridized carbons (Fsp3) is 0.360. The molecular formula is C25H26F3N3O3. The molecule has 9 heteroatoms. The van der Waals surface area contributed by atoms with E-state index in [1.807, 2.05) is 11.8 Å². The van der Waals surface area contributed by atoms with Crippen molar-refractivity contribution in [2.24, 2.45) is 11.7 Å². The van der Waals surface area contributed by atoms with Gasteiger partial charge in [-0.15, -0.1) is 0 Å². The van der Waals surface area contributed by atoms with Crippen LogP contribution in [0.4, 0.5) is 18.9 Å². The summed E-state index contributed by atoms with van der Waals surface area (Å²) in [5.74, 6) is -3.77. The molecule has 1 saturated heterocycles. The third-order valence-corrected chi connectivity index (χ3v) is 6.70. The third-order valence-electron chi connectivity index (χ3n) is 6.70. The Morgan fingerprint density at radius 1 is 1.18 bits per heavy atom. The van der Waals surface area contributed by atoms with Crippen molar-refractivity contribution in [1.82, 2.24) is 4.57 Å². The van der Waals surface area contributed by atoms with Crippen LogP contribution in [0, 0.1) is 23.4 Å². The summed E-state index contributed by atoms with van der Waals surface area (Å²) >= 11 is 0. The Morgan fingerprint density at radius 2 is 1.91 bits per heavy atom. The van der Waals surface area contributed by atoms with E-state index in [0.29, 0.717) is 36.8 Å². The highest BCUT2D eigenvalue weighted by molar-refractivity contribution is 5.96. The van der Waals surface area contributed by atoms with Crippen molar-refractivity contribution < 1.29 is 23.1 Å². The second kappa shape index (κ2) is 9.13. The van der Waals surface area contributed by atoms with Gasteiger partial charge in [0.2, 0.25) is 5.43 Å². The first-order valence-electron chi connectivity index (χ1n) is 11.3. The molecule has 3 aromatic rings. The molecule has 6 nitrogen and oxygen atoms in total. The molecule has 2 atom stereocenters. The van der Waals surface area contributed by atoms with E-state index in [9.17, 15) is 23.5 Å². The van der Waals surface area contributed by atoms with Gasteiger partial charge < -0.3 is 20.3 Å². The van der Waals surface area contributed by atoms with Crippen molar-refractivity contribution in [2.75, 3.05) is 18.0 Å². The van der Waals surface area contributed by atoms with Gasteiger partial charge in [-0.1, -0.05) is 20.3 Å². The van der Waals surface area contributed by atoms with Crippen LogP contribution in [-0.4, -0.2) is 34.8 Å². The summed E-state index contributed by atoms with van der Waals surface area (Å²) < 4.78 is 45.2. The number of rotatable bonds is 5. The topological polar surface area (TPSA) is 88.6 Å². The number of halogens is 3. The van der Waals surface area contributed by atoms with Crippen LogP contribution in [0.3, 0.4) is 0 Å². The Balaban J connectivity index is 2.08. The summed E-state index contributed by atoms with van der Waals surface area (Å²) in [6.45, 7) is 4.84. The number of aromatic carboxylic acids is 1. The molecule has 1 aliphatic heterocycles. The number of anilines is 1. The maximum absolute atomic E-state index is 15.6. The fourth-order valence-electron chi connectivity index (χ4n) is 4.91. The Kier molecular flexibility index (Phi) is 6.40. The number of carboxylic acids is 1. The third kappa shape index (κ3) is 3.94. The SMILES string of the molecule is CCc1c(N2CC[C@@H](N)[C@H](CC)C2)c(F)cc2c(=O)c(C(=O)O)cn(-c3ccc(F)cc3F)c12. The highest BCUT2D eigenvalue weighted by Crippen LogP contribution is 2.36. The van der Waals surface area contributed by atoms with Crippen molar-refractivity contribution in [1.29, 1.82) is 0 Å². The molecule has 2 aromatic carbocycles. The number of nitrogens with two attached hydrogens (primary N) is 1. The van der Waals surface area contributed by atoms with Gasteiger partial charge in [-0.2, -0.15) is 0 Å². The Labute approximate surface area is 194 Å². The maximum atomic E-state index is 15.6. The molecule has 180 valence electrons. The number of hydrogen-bond acceptors (Lipinski definition) is 4. The van der Waals surface area contributed by atoms with Crippen molar-refractivity contribution in [2.45, 2.75) is 39.2 Å². The second-order valence-electron chi connectivity index (χ2n) is 8.64. The van der Waals surface area contributed by atoms with Crippen LogP contribution in [-0.2, 0) is 6.42 Å². The summed E-state index contributed by atoms with van der Waals surface area (Å²) in [6, 6.07) is 3.89. The first-order chi connectivity index (χ1) is 16.2. The predicted octanol–water partition coefficient (Wildman–Crippen LogP) is 4.23. The lowest BCUT2D eigenvalue weighted by molar-refractivity contribution is 0.0695. The molecule has 4 rings (SSSR count). The first-order valence-corrected chi connectivity index (χ1v) is 11.3. The van der Waals surface area contributed by atoms with Crippen LogP contribution in [0.1, 0.15) is 42.6 Å². The highest BCUT2D eigenvalue weighted by atomic mass is 19.1. The molecule has 0 amide bonds. The molecule has 1 aliphatic rings. The zero-order valence-electron chi connectivity index (χ0n) is 18.9. The van der Waals surface area contributed by atoms with Crippen LogP contribution in [0.2, 0.25) is 0 Å². The number of nitrogens with zero attached hydrogens (tertiary/aromatic N) is 2. The number of fused-ring (bicyclic) bond motifs is 1. The monoisotopic (exact) mass is 473 g/mol. The van der Waals surface area contributed by atoms with Crippen LogP contribution in [0.15, 0.2) is 35.3 Å². The molecule has 0 saturated carbocycles. The van der Waals surface area contributed by atoms with Crippen LogP contribution >= 0.6 is 0 Å². The van der Waals surface area contributed by atoms with Crippen molar-refractivity contribution in [3.63, 3.8) is 0 Å². The maximum Gasteiger partial charge on any atom is 0.341 e. The second-order valence-corrected chi connectivity index (χ2v) is 8.64. The minimum atomic E-state index is -1.53. The number of carbonyl (C=O) groups is 1. The van der Waals surface area contributed by atoms with Crippen LogP contribution in [0.25, 0.3) is 16.6 Å². The summed E-state index contributed by atoms with van der Waals surface area (Å²) in [5, 5.41) is 9.39. The smallest absolute Gasteiger partial charge is 0.341 e. The zero-order valence-corrected chi connectivity index (χ0v) is 18.9. The number of aromatic nitrogens is 1. The van der Waals surface area contributed by atoms with Gasteiger partial charge >= 0.3 is 5.97 Å². The van der Waals surface area contributed by atoms with E-state index in [2.05, 4.69) is 0 Å². The van der Waals surface area contributed by atoms with Gasteiger partial charge in [0.1, 0.15) is 23.0 Å². The minimum Gasteiger partial charge on any atom is -0.477 e. The minimum absolute atomic E-state index is 0.000500. The molecule has 2 heterocycles. The summed E-state index contributed by atoms with van der Waals surface area (Å²) in [6.07, 6.45) is 2.79. The van der Waals surface area contributed by atoms with E-state index in [1.54, 1.807) is 6.92 Å². The van der Waals surface area contributed by atoms with Gasteiger partial charge in [0.25, 0.3) is 0 Å². The van der Waals surface area contributed by atoms with Crippen molar-refractivity contribution >= 4 is 22.6 Å². The predicted molar refractivity (Wildman–Crippen MR) is 124 cm³/mol. The van der Waals surface area contributed by atoms with Crippen LogP contribution < -0.4 is 16.1 Å². The number of pyridine rings is 1. The molecule has 34 heavy (non-hydrogen) atoms. The van der Waals surface area contributed by atoms with Crippen molar-refractivity contribution in [3.8, 4) is 5.69 Å².